The van der Waals surface area contributed by atoms with Crippen molar-refractivity contribution in [2.24, 2.45) is 0 Å². The van der Waals surface area contributed by atoms with Crippen molar-refractivity contribution in [1.82, 2.24) is 9.97 Å². The van der Waals surface area contributed by atoms with Crippen molar-refractivity contribution in [3.8, 4) is 0 Å². The average molecular weight is 238 g/mol. The van der Waals surface area contributed by atoms with Crippen molar-refractivity contribution in [1.29, 1.82) is 0 Å². The highest BCUT2D eigenvalue weighted by molar-refractivity contribution is 5.27. The predicted octanol–water partition coefficient (Wildman–Crippen LogP) is 3.09. The predicted molar refractivity (Wildman–Crippen MR) is 56.3 cm³/mol. The molecule has 0 N–H and O–H groups in total. The van der Waals surface area contributed by atoms with Crippen molar-refractivity contribution in [3.63, 3.8) is 0 Å². The van der Waals surface area contributed by atoms with Gasteiger partial charge in [0, 0.05) is 18.8 Å². The summed E-state index contributed by atoms with van der Waals surface area (Å²) in [7, 11) is 0. The molecular formula is C12H9F3N2. The number of rotatable bonds is 2. The van der Waals surface area contributed by atoms with Gasteiger partial charge in [0.25, 0.3) is 0 Å². The summed E-state index contributed by atoms with van der Waals surface area (Å²) in [5.74, 6) is 0.506. The third kappa shape index (κ3) is 3.03. The molecule has 0 aliphatic carbocycles. The summed E-state index contributed by atoms with van der Waals surface area (Å²) < 4.78 is 37.4. The van der Waals surface area contributed by atoms with Gasteiger partial charge >= 0.3 is 6.18 Å². The third-order valence-corrected chi connectivity index (χ3v) is 2.24. The van der Waals surface area contributed by atoms with Crippen LogP contribution in [0.2, 0.25) is 0 Å². The lowest BCUT2D eigenvalue weighted by Crippen LogP contribution is -2.05. The lowest BCUT2D eigenvalue weighted by Gasteiger charge is -2.08. The number of nitrogens with zero attached hydrogens (tertiary/aromatic N) is 2. The van der Waals surface area contributed by atoms with Crippen molar-refractivity contribution < 1.29 is 13.2 Å². The van der Waals surface area contributed by atoms with Gasteiger partial charge in [-0.3, -0.25) is 0 Å². The molecule has 88 valence electrons. The molecule has 0 bridgehead atoms. The van der Waals surface area contributed by atoms with Gasteiger partial charge in [0.1, 0.15) is 5.82 Å². The van der Waals surface area contributed by atoms with E-state index >= 15 is 0 Å². The fourth-order valence-electron chi connectivity index (χ4n) is 1.46. The van der Waals surface area contributed by atoms with Crippen LogP contribution >= 0.6 is 0 Å². The molecule has 0 aliphatic rings. The first kappa shape index (κ1) is 11.6. The smallest absolute Gasteiger partial charge is 0.241 e. The molecule has 0 saturated heterocycles. The average Bonchev–Trinajstić information content (AvgIpc) is 2.29. The van der Waals surface area contributed by atoms with Crippen LogP contribution in [0, 0.1) is 0 Å². The van der Waals surface area contributed by atoms with E-state index in [-0.39, 0.29) is 0 Å². The molecule has 0 aliphatic heterocycles. The van der Waals surface area contributed by atoms with Crippen LogP contribution in [-0.2, 0) is 12.6 Å². The lowest BCUT2D eigenvalue weighted by molar-refractivity contribution is -0.137. The Morgan fingerprint density at radius 1 is 1.00 bits per heavy atom. The van der Waals surface area contributed by atoms with Crippen molar-refractivity contribution in [3.05, 3.63) is 59.7 Å². The Kier molecular flexibility index (Phi) is 3.08. The Hall–Kier alpha value is -1.91. The Balaban J connectivity index is 2.23. The second-order valence-electron chi connectivity index (χ2n) is 3.54. The van der Waals surface area contributed by atoms with Crippen molar-refractivity contribution >= 4 is 0 Å². The first-order valence-corrected chi connectivity index (χ1v) is 4.98. The molecule has 0 atom stereocenters. The molecule has 1 aromatic heterocycles. The highest BCUT2D eigenvalue weighted by Gasteiger charge is 2.30. The standard InChI is InChI=1S/C12H9F3N2/c13-12(14,15)10-4-1-3-9(7-10)8-11-16-5-2-6-17-11/h1-7H,8H2. The summed E-state index contributed by atoms with van der Waals surface area (Å²) in [5.41, 5.74) is -0.100. The minimum atomic E-state index is -4.31. The van der Waals surface area contributed by atoms with Gasteiger partial charge in [0.2, 0.25) is 0 Å². The zero-order valence-electron chi connectivity index (χ0n) is 8.78. The van der Waals surface area contributed by atoms with E-state index in [2.05, 4.69) is 9.97 Å². The van der Waals surface area contributed by atoms with E-state index < -0.39 is 11.7 Å². The van der Waals surface area contributed by atoms with Crippen LogP contribution in [0.1, 0.15) is 17.0 Å². The second-order valence-corrected chi connectivity index (χ2v) is 3.54. The number of benzene rings is 1. The topological polar surface area (TPSA) is 25.8 Å². The molecule has 0 fully saturated rings. The van der Waals surface area contributed by atoms with Gasteiger partial charge in [-0.15, -0.1) is 0 Å². The van der Waals surface area contributed by atoms with Gasteiger partial charge in [-0.1, -0.05) is 18.2 Å². The Morgan fingerprint density at radius 3 is 2.35 bits per heavy atom. The van der Waals surface area contributed by atoms with E-state index in [1.807, 2.05) is 0 Å². The van der Waals surface area contributed by atoms with E-state index in [0.717, 1.165) is 12.1 Å². The maximum Gasteiger partial charge on any atom is 0.416 e. The first-order chi connectivity index (χ1) is 8.05. The largest absolute Gasteiger partial charge is 0.416 e. The van der Waals surface area contributed by atoms with Crippen LogP contribution in [0.5, 0.6) is 0 Å². The van der Waals surface area contributed by atoms with Gasteiger partial charge in [-0.25, -0.2) is 9.97 Å². The minimum Gasteiger partial charge on any atom is -0.241 e. The molecule has 1 aromatic carbocycles. The van der Waals surface area contributed by atoms with Crippen molar-refractivity contribution in [2.75, 3.05) is 0 Å². The number of hydrogen-bond donors (Lipinski definition) is 0. The van der Waals surface area contributed by atoms with Crippen LogP contribution in [0.15, 0.2) is 42.7 Å². The van der Waals surface area contributed by atoms with E-state index in [4.69, 9.17) is 0 Å². The summed E-state index contributed by atoms with van der Waals surface area (Å²) in [5, 5.41) is 0. The summed E-state index contributed by atoms with van der Waals surface area (Å²) in [6.45, 7) is 0. The normalized spacial score (nSPS) is 11.5. The monoisotopic (exact) mass is 238 g/mol. The second kappa shape index (κ2) is 4.53. The molecule has 0 saturated carbocycles. The summed E-state index contributed by atoms with van der Waals surface area (Å²) >= 11 is 0. The Morgan fingerprint density at radius 2 is 1.71 bits per heavy atom. The Labute approximate surface area is 96.2 Å². The number of aromatic nitrogens is 2. The summed E-state index contributed by atoms with van der Waals surface area (Å²) in [6, 6.07) is 6.86. The summed E-state index contributed by atoms with van der Waals surface area (Å²) in [4.78, 5) is 7.95. The van der Waals surface area contributed by atoms with Crippen LogP contribution in [0.3, 0.4) is 0 Å². The fraction of sp³-hybridized carbons (Fsp3) is 0.167. The molecule has 0 amide bonds. The molecule has 1 heterocycles. The maximum absolute atomic E-state index is 12.5. The van der Waals surface area contributed by atoms with Gasteiger partial charge in [-0.05, 0) is 17.7 Å². The molecular weight excluding hydrogens is 229 g/mol. The van der Waals surface area contributed by atoms with Crippen LogP contribution < -0.4 is 0 Å². The molecule has 17 heavy (non-hydrogen) atoms. The number of halogens is 3. The highest BCUT2D eigenvalue weighted by Crippen LogP contribution is 2.29. The van der Waals surface area contributed by atoms with Gasteiger partial charge < -0.3 is 0 Å². The van der Waals surface area contributed by atoms with E-state index in [9.17, 15) is 13.2 Å². The van der Waals surface area contributed by atoms with E-state index in [0.29, 0.717) is 17.8 Å². The zero-order valence-corrected chi connectivity index (χ0v) is 8.78. The third-order valence-electron chi connectivity index (χ3n) is 2.24. The van der Waals surface area contributed by atoms with Gasteiger partial charge in [0.05, 0.1) is 5.56 Å². The molecule has 0 unspecified atom stereocenters. The van der Waals surface area contributed by atoms with E-state index in [1.165, 1.54) is 6.07 Å². The molecule has 2 rings (SSSR count). The van der Waals surface area contributed by atoms with Crippen LogP contribution in [-0.4, -0.2) is 9.97 Å². The first-order valence-electron chi connectivity index (χ1n) is 4.98. The number of hydrogen-bond acceptors (Lipinski definition) is 2. The molecule has 2 aromatic rings. The Bertz CT molecular complexity index is 495. The van der Waals surface area contributed by atoms with Gasteiger partial charge in [-0.2, -0.15) is 13.2 Å². The molecule has 2 nitrogen and oxygen atoms in total. The number of alkyl halides is 3. The van der Waals surface area contributed by atoms with Crippen molar-refractivity contribution in [2.45, 2.75) is 12.6 Å². The molecule has 5 heteroatoms. The molecule has 0 spiro atoms. The summed E-state index contributed by atoms with van der Waals surface area (Å²) in [6.07, 6.45) is -0.885. The SMILES string of the molecule is FC(F)(F)c1cccc(Cc2ncccn2)c1. The lowest BCUT2D eigenvalue weighted by atomic mass is 10.1. The molecule has 0 radical (unpaired) electrons. The van der Waals surface area contributed by atoms with Crippen LogP contribution in [0.4, 0.5) is 13.2 Å². The maximum atomic E-state index is 12.5. The highest BCUT2D eigenvalue weighted by atomic mass is 19.4. The quantitative estimate of drug-likeness (QED) is 0.803. The fourth-order valence-corrected chi connectivity index (χ4v) is 1.46. The minimum absolute atomic E-state index is 0.296. The van der Waals surface area contributed by atoms with Gasteiger partial charge in [0.15, 0.2) is 0 Å². The van der Waals surface area contributed by atoms with Crippen LogP contribution in [0.25, 0.3) is 0 Å². The van der Waals surface area contributed by atoms with E-state index in [1.54, 1.807) is 24.5 Å². The zero-order chi connectivity index (χ0) is 12.3.